The normalized spacial score (nSPS) is 28.9. The Kier molecular flexibility index (Phi) is 3.48. The first kappa shape index (κ1) is 10.7. The van der Waals surface area contributed by atoms with Crippen molar-refractivity contribution >= 4 is 10.8 Å². The lowest BCUT2D eigenvalue weighted by Gasteiger charge is -2.21. The smallest absolute Gasteiger partial charge is 0.0570 e. The van der Waals surface area contributed by atoms with E-state index in [-0.39, 0.29) is 5.25 Å². The van der Waals surface area contributed by atoms with Gasteiger partial charge < -0.3 is 0 Å². The number of rotatable bonds is 1. The largest absolute Gasteiger partial charge is 0.259 e. The van der Waals surface area contributed by atoms with Crippen LogP contribution in [0.4, 0.5) is 0 Å². The molecule has 2 atom stereocenters. The second-order valence-electron chi connectivity index (χ2n) is 4.07. The summed E-state index contributed by atoms with van der Waals surface area (Å²) >= 11 is 0. The highest BCUT2D eigenvalue weighted by atomic mass is 32.2. The minimum absolute atomic E-state index is 0.258. The van der Waals surface area contributed by atoms with Gasteiger partial charge in [-0.1, -0.05) is 22.8 Å². The van der Waals surface area contributed by atoms with Crippen LogP contribution >= 0.6 is 0 Å². The van der Waals surface area contributed by atoms with Crippen molar-refractivity contribution in [3.63, 3.8) is 0 Å². The molecule has 0 spiro atoms. The van der Waals surface area contributed by atoms with Gasteiger partial charge >= 0.3 is 0 Å². The van der Waals surface area contributed by atoms with Crippen LogP contribution in [0.15, 0.2) is 22.8 Å². The third-order valence-corrected chi connectivity index (χ3v) is 4.15. The molecule has 0 bridgehead atoms. The monoisotopic (exact) mass is 198 g/mol. The summed E-state index contributed by atoms with van der Waals surface area (Å²) in [5.41, 5.74) is 4.00. The highest BCUT2D eigenvalue weighted by Gasteiger charge is 2.21. The summed E-state index contributed by atoms with van der Waals surface area (Å²) in [6, 6.07) is 0. The molecule has 0 saturated carbocycles. The van der Waals surface area contributed by atoms with E-state index in [0.717, 1.165) is 12.2 Å². The Balaban J connectivity index is 2.82. The van der Waals surface area contributed by atoms with Crippen molar-refractivity contribution < 1.29 is 4.21 Å². The highest BCUT2D eigenvalue weighted by molar-refractivity contribution is 7.86. The Morgan fingerprint density at radius 1 is 1.38 bits per heavy atom. The molecule has 0 N–H and O–H groups in total. The lowest BCUT2D eigenvalue weighted by atomic mass is 10.1. The number of allylic oxidation sites excluding steroid dienone is 2. The SMILES string of the molecule is CC(C)=C[C@H]1CC(C)=C(C)CS1=O. The quantitative estimate of drug-likeness (QED) is 0.592. The Bertz CT molecular complexity index is 282. The van der Waals surface area contributed by atoms with Crippen molar-refractivity contribution in [3.05, 3.63) is 22.8 Å². The van der Waals surface area contributed by atoms with Crippen LogP contribution in [0.2, 0.25) is 0 Å². The molecule has 0 fully saturated rings. The minimum atomic E-state index is -0.684. The van der Waals surface area contributed by atoms with Crippen LogP contribution in [0.3, 0.4) is 0 Å². The molecule has 1 aliphatic heterocycles. The van der Waals surface area contributed by atoms with Crippen LogP contribution in [-0.4, -0.2) is 15.2 Å². The summed E-state index contributed by atoms with van der Waals surface area (Å²) in [6.07, 6.45) is 3.12. The minimum Gasteiger partial charge on any atom is -0.259 e. The van der Waals surface area contributed by atoms with Crippen molar-refractivity contribution in [2.75, 3.05) is 5.75 Å². The standard InChI is InChI=1S/C11H18OS/c1-8(2)5-11-6-9(3)10(4)7-13(11)12/h5,11H,6-7H2,1-4H3/t11-,13?/m0/s1. The van der Waals surface area contributed by atoms with Crippen LogP contribution in [0, 0.1) is 0 Å². The van der Waals surface area contributed by atoms with E-state index in [1.54, 1.807) is 0 Å². The van der Waals surface area contributed by atoms with Crippen molar-refractivity contribution in [2.45, 2.75) is 39.4 Å². The molecular weight excluding hydrogens is 180 g/mol. The van der Waals surface area contributed by atoms with E-state index in [2.05, 4.69) is 33.8 Å². The lowest BCUT2D eigenvalue weighted by Crippen LogP contribution is -2.22. The van der Waals surface area contributed by atoms with E-state index in [1.165, 1.54) is 16.7 Å². The maximum atomic E-state index is 11.7. The molecule has 0 amide bonds. The van der Waals surface area contributed by atoms with Crippen LogP contribution < -0.4 is 0 Å². The van der Waals surface area contributed by atoms with E-state index in [9.17, 15) is 4.21 Å². The Labute approximate surface area is 83.4 Å². The molecule has 0 radical (unpaired) electrons. The predicted octanol–water partition coefficient (Wildman–Crippen LogP) is 2.81. The molecular formula is C11H18OS. The van der Waals surface area contributed by atoms with Crippen LogP contribution in [-0.2, 0) is 10.8 Å². The Hall–Kier alpha value is -0.370. The summed E-state index contributed by atoms with van der Waals surface area (Å²) in [7, 11) is -0.684. The first-order chi connectivity index (χ1) is 6.00. The lowest BCUT2D eigenvalue weighted by molar-refractivity contribution is 0.674. The third kappa shape index (κ3) is 2.80. The number of hydrogen-bond acceptors (Lipinski definition) is 1. The van der Waals surface area contributed by atoms with Crippen LogP contribution in [0.25, 0.3) is 0 Å². The van der Waals surface area contributed by atoms with E-state index in [4.69, 9.17) is 0 Å². The first-order valence-electron chi connectivity index (χ1n) is 4.68. The van der Waals surface area contributed by atoms with Crippen molar-refractivity contribution in [1.29, 1.82) is 0 Å². The van der Waals surface area contributed by atoms with Crippen molar-refractivity contribution in [2.24, 2.45) is 0 Å². The third-order valence-electron chi connectivity index (χ3n) is 2.45. The van der Waals surface area contributed by atoms with Gasteiger partial charge in [0, 0.05) is 16.6 Å². The molecule has 0 aliphatic carbocycles. The highest BCUT2D eigenvalue weighted by Crippen LogP contribution is 2.23. The van der Waals surface area contributed by atoms with Crippen LogP contribution in [0.1, 0.15) is 34.1 Å². The molecule has 1 nitrogen and oxygen atoms in total. The summed E-state index contributed by atoms with van der Waals surface area (Å²) in [5, 5.41) is 0.258. The van der Waals surface area contributed by atoms with Gasteiger partial charge in [-0.2, -0.15) is 0 Å². The average Bonchev–Trinajstić information content (AvgIpc) is 1.99. The van der Waals surface area contributed by atoms with Gasteiger partial charge in [0.15, 0.2) is 0 Å². The maximum absolute atomic E-state index is 11.7. The zero-order valence-electron chi connectivity index (χ0n) is 8.89. The van der Waals surface area contributed by atoms with Crippen LogP contribution in [0.5, 0.6) is 0 Å². The molecule has 13 heavy (non-hydrogen) atoms. The summed E-state index contributed by atoms with van der Waals surface area (Å²) in [6.45, 7) is 8.37. The second-order valence-corrected chi connectivity index (χ2v) is 5.73. The Morgan fingerprint density at radius 2 is 2.00 bits per heavy atom. The molecule has 0 aromatic heterocycles. The molecule has 0 aromatic carbocycles. The maximum Gasteiger partial charge on any atom is 0.0570 e. The summed E-state index contributed by atoms with van der Waals surface area (Å²) in [4.78, 5) is 0. The molecule has 2 heteroatoms. The molecule has 0 aromatic rings. The molecule has 1 heterocycles. The predicted molar refractivity (Wildman–Crippen MR) is 59.2 cm³/mol. The van der Waals surface area contributed by atoms with Gasteiger partial charge in [0.05, 0.1) is 5.25 Å². The van der Waals surface area contributed by atoms with E-state index in [0.29, 0.717) is 0 Å². The van der Waals surface area contributed by atoms with E-state index >= 15 is 0 Å². The topological polar surface area (TPSA) is 17.1 Å². The fraction of sp³-hybridized carbons (Fsp3) is 0.636. The van der Waals surface area contributed by atoms with Crippen molar-refractivity contribution in [1.82, 2.24) is 0 Å². The van der Waals surface area contributed by atoms with Gasteiger partial charge in [0.1, 0.15) is 0 Å². The molecule has 74 valence electrons. The van der Waals surface area contributed by atoms with Gasteiger partial charge in [0.2, 0.25) is 0 Å². The fourth-order valence-electron chi connectivity index (χ4n) is 1.52. The van der Waals surface area contributed by atoms with E-state index in [1.807, 2.05) is 0 Å². The zero-order chi connectivity index (χ0) is 10.0. The molecule has 1 aliphatic rings. The van der Waals surface area contributed by atoms with Gasteiger partial charge in [-0.25, -0.2) is 0 Å². The zero-order valence-corrected chi connectivity index (χ0v) is 9.70. The molecule has 1 rings (SSSR count). The van der Waals surface area contributed by atoms with E-state index < -0.39 is 10.8 Å². The summed E-state index contributed by atoms with van der Waals surface area (Å²) in [5.74, 6) is 0.764. The molecule has 0 saturated heterocycles. The van der Waals surface area contributed by atoms with Gasteiger partial charge in [0.25, 0.3) is 0 Å². The van der Waals surface area contributed by atoms with Gasteiger partial charge in [-0.3, -0.25) is 4.21 Å². The number of hydrogen-bond donors (Lipinski definition) is 0. The van der Waals surface area contributed by atoms with Gasteiger partial charge in [-0.15, -0.1) is 0 Å². The Morgan fingerprint density at radius 3 is 2.54 bits per heavy atom. The van der Waals surface area contributed by atoms with Crippen molar-refractivity contribution in [3.8, 4) is 0 Å². The second kappa shape index (κ2) is 4.23. The summed E-state index contributed by atoms with van der Waals surface area (Å²) < 4.78 is 11.7. The molecule has 1 unspecified atom stereocenters. The fourth-order valence-corrected chi connectivity index (χ4v) is 3.27. The first-order valence-corrected chi connectivity index (χ1v) is 6.06. The van der Waals surface area contributed by atoms with Gasteiger partial charge in [-0.05, 0) is 34.1 Å². The average molecular weight is 198 g/mol.